The summed E-state index contributed by atoms with van der Waals surface area (Å²) < 4.78 is 7.57. The molecular weight excluding hydrogens is 565 g/mol. The van der Waals surface area contributed by atoms with E-state index in [1.165, 1.54) is 86.3 Å². The minimum absolute atomic E-state index is 1.17. The zero-order valence-corrected chi connectivity index (χ0v) is 25.1. The molecular formula is C42H26N2S. The monoisotopic (exact) mass is 590 g/mol. The molecule has 45 heavy (non-hydrogen) atoms. The second-order valence-corrected chi connectivity index (χ2v) is 12.8. The lowest BCUT2D eigenvalue weighted by Crippen LogP contribution is -1.98. The van der Waals surface area contributed by atoms with Gasteiger partial charge in [0.15, 0.2) is 0 Å². The van der Waals surface area contributed by atoms with E-state index in [4.69, 9.17) is 0 Å². The minimum atomic E-state index is 1.17. The molecule has 0 radical (unpaired) electrons. The third-order valence-corrected chi connectivity index (χ3v) is 10.5. The first-order valence-corrected chi connectivity index (χ1v) is 16.2. The van der Waals surface area contributed by atoms with E-state index in [0.29, 0.717) is 0 Å². The number of hydrogen-bond acceptors (Lipinski definition) is 1. The molecule has 2 nitrogen and oxygen atoms in total. The number of nitrogens with zero attached hydrogens (tertiary/aromatic N) is 2. The second kappa shape index (κ2) is 9.43. The minimum Gasteiger partial charge on any atom is -0.309 e. The van der Waals surface area contributed by atoms with Crippen LogP contribution >= 0.6 is 11.3 Å². The first kappa shape index (κ1) is 24.8. The van der Waals surface area contributed by atoms with Crippen molar-refractivity contribution in [2.45, 2.75) is 0 Å². The van der Waals surface area contributed by atoms with Gasteiger partial charge < -0.3 is 9.13 Å². The molecule has 3 heteroatoms. The van der Waals surface area contributed by atoms with Gasteiger partial charge in [0.05, 0.1) is 27.8 Å². The molecule has 3 aromatic heterocycles. The smallest absolute Gasteiger partial charge is 0.0556 e. The van der Waals surface area contributed by atoms with Crippen LogP contribution < -0.4 is 0 Å². The highest BCUT2D eigenvalue weighted by Crippen LogP contribution is 2.45. The number of hydrogen-bond donors (Lipinski definition) is 0. The van der Waals surface area contributed by atoms with E-state index < -0.39 is 0 Å². The van der Waals surface area contributed by atoms with Gasteiger partial charge in [-0.1, -0.05) is 109 Å². The molecule has 10 aromatic rings. The fourth-order valence-corrected chi connectivity index (χ4v) is 8.66. The highest BCUT2D eigenvalue weighted by molar-refractivity contribution is 7.26. The molecule has 0 saturated heterocycles. The van der Waals surface area contributed by atoms with Gasteiger partial charge in [0.2, 0.25) is 0 Å². The Kier molecular flexibility index (Phi) is 5.19. The maximum absolute atomic E-state index is 2.48. The highest BCUT2D eigenvalue weighted by Gasteiger charge is 2.21. The molecule has 0 amide bonds. The number of thiophene rings is 1. The van der Waals surface area contributed by atoms with Gasteiger partial charge >= 0.3 is 0 Å². The first-order valence-electron chi connectivity index (χ1n) is 15.4. The van der Waals surface area contributed by atoms with Crippen LogP contribution in [-0.4, -0.2) is 9.13 Å². The van der Waals surface area contributed by atoms with Gasteiger partial charge in [-0.2, -0.15) is 0 Å². The Morgan fingerprint density at radius 1 is 0.400 bits per heavy atom. The Bertz CT molecular complexity index is 2710. The molecule has 0 bridgehead atoms. The van der Waals surface area contributed by atoms with Crippen molar-refractivity contribution >= 4 is 75.1 Å². The molecule has 10 rings (SSSR count). The van der Waals surface area contributed by atoms with Gasteiger partial charge in [-0.3, -0.25) is 0 Å². The number of benzene rings is 7. The van der Waals surface area contributed by atoms with Crippen molar-refractivity contribution in [3.63, 3.8) is 0 Å². The topological polar surface area (TPSA) is 9.86 Å². The van der Waals surface area contributed by atoms with Crippen LogP contribution in [0.25, 0.3) is 86.3 Å². The maximum Gasteiger partial charge on any atom is 0.0556 e. The Morgan fingerprint density at radius 2 is 1.02 bits per heavy atom. The summed E-state index contributed by atoms with van der Waals surface area (Å²) in [6.07, 6.45) is 0. The Hall–Kier alpha value is -5.64. The van der Waals surface area contributed by atoms with Crippen molar-refractivity contribution in [3.05, 3.63) is 158 Å². The summed E-state index contributed by atoms with van der Waals surface area (Å²) in [5, 5.41) is 7.78. The molecule has 0 N–H and O–H groups in total. The Balaban J connectivity index is 1.36. The van der Waals surface area contributed by atoms with E-state index in [9.17, 15) is 0 Å². The number of para-hydroxylation sites is 3. The standard InChI is InChI=1S/C42H26N2S/c1-2-12-27(13-3-1)29-14-4-8-18-35(29)44-38-24-22-28(43-36-19-9-5-15-30(36)31-16-6-10-20-37(31)43)26-34(38)41-39(44)25-23-33-32-17-7-11-21-40(32)45-42(33)41/h1-26H. The van der Waals surface area contributed by atoms with Gasteiger partial charge in [-0.05, 0) is 54.1 Å². The predicted molar refractivity (Wildman–Crippen MR) is 193 cm³/mol. The summed E-state index contributed by atoms with van der Waals surface area (Å²) >= 11 is 1.90. The molecule has 0 spiro atoms. The average molecular weight is 591 g/mol. The fraction of sp³-hybridized carbons (Fsp3) is 0. The molecule has 0 aliphatic heterocycles. The quantitative estimate of drug-likeness (QED) is 0.194. The van der Waals surface area contributed by atoms with Gasteiger partial charge in [0.25, 0.3) is 0 Å². The number of aromatic nitrogens is 2. The van der Waals surface area contributed by atoms with E-state index in [1.807, 2.05) is 11.3 Å². The molecule has 0 unspecified atom stereocenters. The van der Waals surface area contributed by atoms with E-state index in [-0.39, 0.29) is 0 Å². The molecule has 3 heterocycles. The lowest BCUT2D eigenvalue weighted by Gasteiger charge is -2.14. The largest absolute Gasteiger partial charge is 0.309 e. The number of rotatable bonds is 3. The van der Waals surface area contributed by atoms with Crippen LogP contribution in [0, 0.1) is 0 Å². The van der Waals surface area contributed by atoms with Gasteiger partial charge in [0.1, 0.15) is 0 Å². The van der Waals surface area contributed by atoms with Crippen LogP contribution in [-0.2, 0) is 0 Å². The molecule has 210 valence electrons. The van der Waals surface area contributed by atoms with E-state index in [1.54, 1.807) is 0 Å². The lowest BCUT2D eigenvalue weighted by molar-refractivity contribution is 1.17. The van der Waals surface area contributed by atoms with Crippen molar-refractivity contribution in [1.82, 2.24) is 9.13 Å². The normalized spacial score (nSPS) is 12.0. The summed E-state index contributed by atoms with van der Waals surface area (Å²) in [4.78, 5) is 0. The lowest BCUT2D eigenvalue weighted by atomic mass is 10.0. The van der Waals surface area contributed by atoms with Crippen LogP contribution in [0.2, 0.25) is 0 Å². The third kappa shape index (κ3) is 3.50. The fourth-order valence-electron chi connectivity index (χ4n) is 7.40. The SMILES string of the molecule is c1ccc(-c2ccccc2-n2c3ccc(-n4c5ccccc5c5ccccc54)cc3c3c4sc5ccccc5c4ccc32)cc1. The molecule has 0 atom stereocenters. The summed E-state index contributed by atoms with van der Waals surface area (Å²) in [5.74, 6) is 0. The molecule has 0 fully saturated rings. The van der Waals surface area contributed by atoms with Crippen molar-refractivity contribution in [1.29, 1.82) is 0 Å². The maximum atomic E-state index is 2.48. The van der Waals surface area contributed by atoms with Gasteiger partial charge in [-0.15, -0.1) is 11.3 Å². The van der Waals surface area contributed by atoms with Crippen LogP contribution in [0.5, 0.6) is 0 Å². The zero-order chi connectivity index (χ0) is 29.5. The van der Waals surface area contributed by atoms with Gasteiger partial charge in [-0.25, -0.2) is 0 Å². The third-order valence-electron chi connectivity index (χ3n) is 9.32. The predicted octanol–water partition coefficient (Wildman–Crippen LogP) is 11.9. The summed E-state index contributed by atoms with van der Waals surface area (Å²) in [7, 11) is 0. The molecule has 0 aliphatic carbocycles. The molecule has 7 aromatic carbocycles. The highest BCUT2D eigenvalue weighted by atomic mass is 32.1. The Labute approximate surface area is 263 Å². The van der Waals surface area contributed by atoms with Crippen LogP contribution in [0.4, 0.5) is 0 Å². The molecule has 0 saturated carbocycles. The van der Waals surface area contributed by atoms with E-state index >= 15 is 0 Å². The molecule has 0 aliphatic rings. The van der Waals surface area contributed by atoms with Crippen molar-refractivity contribution in [2.75, 3.05) is 0 Å². The zero-order valence-electron chi connectivity index (χ0n) is 24.3. The van der Waals surface area contributed by atoms with Crippen molar-refractivity contribution < 1.29 is 0 Å². The summed E-state index contributed by atoms with van der Waals surface area (Å²) in [5.41, 5.74) is 9.69. The van der Waals surface area contributed by atoms with Gasteiger partial charge in [0, 0.05) is 53.0 Å². The second-order valence-electron chi connectivity index (χ2n) is 11.7. The van der Waals surface area contributed by atoms with E-state index in [0.717, 1.165) is 0 Å². The number of fused-ring (bicyclic) bond motifs is 10. The van der Waals surface area contributed by atoms with Crippen molar-refractivity contribution in [3.8, 4) is 22.5 Å². The van der Waals surface area contributed by atoms with E-state index in [2.05, 4.69) is 167 Å². The van der Waals surface area contributed by atoms with Crippen LogP contribution in [0.1, 0.15) is 0 Å². The van der Waals surface area contributed by atoms with Crippen molar-refractivity contribution in [2.24, 2.45) is 0 Å². The summed E-state index contributed by atoms with van der Waals surface area (Å²) in [6.45, 7) is 0. The first-order chi connectivity index (χ1) is 22.3. The average Bonchev–Trinajstić information content (AvgIpc) is 3.76. The van der Waals surface area contributed by atoms with Crippen LogP contribution in [0.3, 0.4) is 0 Å². The Morgan fingerprint density at radius 3 is 1.82 bits per heavy atom. The van der Waals surface area contributed by atoms with Crippen LogP contribution in [0.15, 0.2) is 158 Å². The summed E-state index contributed by atoms with van der Waals surface area (Å²) in [6, 6.07) is 57.6.